The van der Waals surface area contributed by atoms with Gasteiger partial charge in [0.1, 0.15) is 12.6 Å². The maximum Gasteiger partial charge on any atom is 0.469 e. The lowest BCUT2D eigenvalue weighted by molar-refractivity contribution is -0.161. The Bertz CT molecular complexity index is 733. The molecule has 12 nitrogen and oxygen atoms in total. The number of carboxylic acid groups (broad SMARTS) is 1. The molecule has 0 unspecified atom stereocenters. The van der Waals surface area contributed by atoms with Gasteiger partial charge in [0, 0.05) is 12.8 Å². The van der Waals surface area contributed by atoms with Crippen molar-refractivity contribution in [1.82, 2.24) is 0 Å². The molecule has 0 aromatic heterocycles. The highest BCUT2D eigenvalue weighted by Gasteiger charge is 2.19. The van der Waals surface area contributed by atoms with Crippen LogP contribution in [0.5, 0.6) is 0 Å². The summed E-state index contributed by atoms with van der Waals surface area (Å²) in [5.74, 6) is -1.97. The first-order chi connectivity index (χ1) is 20.5. The molecule has 256 valence electrons. The Labute approximate surface area is 258 Å². The van der Waals surface area contributed by atoms with Gasteiger partial charge in [-0.05, 0) is 12.8 Å². The number of phosphoric acid groups is 1. The lowest BCUT2D eigenvalue weighted by Gasteiger charge is -2.15. The van der Waals surface area contributed by atoms with Crippen LogP contribution in [0.15, 0.2) is 0 Å². The topological polar surface area (TPSA) is 203 Å². The van der Waals surface area contributed by atoms with Crippen LogP contribution in [0.2, 0.25) is 0 Å². The van der Waals surface area contributed by atoms with Gasteiger partial charge in [-0.15, -0.1) is 0 Å². The predicted molar refractivity (Wildman–Crippen MR) is 165 cm³/mol. The molecule has 43 heavy (non-hydrogen) atoms. The van der Waals surface area contributed by atoms with E-state index in [1.807, 2.05) is 0 Å². The molecule has 0 bridgehead atoms. The van der Waals surface area contributed by atoms with Gasteiger partial charge in [0.25, 0.3) is 0 Å². The van der Waals surface area contributed by atoms with Crippen molar-refractivity contribution >= 4 is 25.7 Å². The minimum Gasteiger partial charge on any atom is -0.480 e. The summed E-state index contributed by atoms with van der Waals surface area (Å²) >= 11 is 0. The number of hydrogen-bond donors (Lipinski definition) is 5. The minimum absolute atomic E-state index is 0.0593. The van der Waals surface area contributed by atoms with Gasteiger partial charge in [0.15, 0.2) is 6.10 Å². The molecule has 0 radical (unpaired) electrons. The van der Waals surface area contributed by atoms with E-state index < -0.39 is 32.5 Å². The zero-order chi connectivity index (χ0) is 32.8. The maximum absolute atomic E-state index is 11.9. The second-order valence-electron chi connectivity index (χ2n) is 10.9. The van der Waals surface area contributed by atoms with E-state index in [0.717, 1.165) is 38.5 Å². The normalized spacial score (nSPS) is 12.6. The molecule has 0 aliphatic heterocycles. The van der Waals surface area contributed by atoms with E-state index in [2.05, 4.69) is 18.4 Å². The second kappa shape index (κ2) is 30.5. The van der Waals surface area contributed by atoms with Gasteiger partial charge >= 0.3 is 25.7 Å². The summed E-state index contributed by atoms with van der Waals surface area (Å²) in [6.07, 6.45) is 21.5. The van der Waals surface area contributed by atoms with E-state index in [1.54, 1.807) is 0 Å². The van der Waals surface area contributed by atoms with Crippen LogP contribution in [0.1, 0.15) is 142 Å². The number of esters is 2. The zero-order valence-electron chi connectivity index (χ0n) is 26.6. The quantitative estimate of drug-likeness (QED) is 0.0392. The van der Waals surface area contributed by atoms with E-state index in [4.69, 9.17) is 30.1 Å². The molecule has 0 aromatic rings. The molecular formula is C30H60NO11P. The fraction of sp³-hybridized carbons (Fsp3) is 0.900. The molecule has 0 aromatic carbocycles. The predicted octanol–water partition coefficient (Wildman–Crippen LogP) is 5.78. The van der Waals surface area contributed by atoms with Crippen molar-refractivity contribution in [2.45, 2.75) is 154 Å². The highest BCUT2D eigenvalue weighted by molar-refractivity contribution is 7.46. The second-order valence-corrected chi connectivity index (χ2v) is 12.1. The number of carbonyl (C=O) groups is 3. The number of nitrogens with two attached hydrogens (primary N) is 1. The molecule has 13 heteroatoms. The van der Waals surface area contributed by atoms with E-state index >= 15 is 0 Å². The Morgan fingerprint density at radius 2 is 1.07 bits per heavy atom. The van der Waals surface area contributed by atoms with Crippen LogP contribution >= 0.6 is 7.82 Å². The summed E-state index contributed by atoms with van der Waals surface area (Å²) < 4.78 is 24.2. The molecule has 0 fully saturated rings. The Kier molecular flexibility index (Phi) is 30.9. The monoisotopic (exact) mass is 641 g/mol. The Morgan fingerprint density at radius 1 is 0.674 bits per heavy atom. The number of aliphatic hydroxyl groups is 1. The van der Waals surface area contributed by atoms with Gasteiger partial charge in [0.2, 0.25) is 0 Å². The number of ether oxygens (including phenoxy) is 2. The largest absolute Gasteiger partial charge is 0.480 e. The van der Waals surface area contributed by atoms with Crippen LogP contribution in [0.4, 0.5) is 0 Å². The third kappa shape index (κ3) is 34.8. The van der Waals surface area contributed by atoms with Gasteiger partial charge in [-0.1, -0.05) is 117 Å². The molecule has 0 aliphatic rings. The van der Waals surface area contributed by atoms with Crippen molar-refractivity contribution in [2.75, 3.05) is 19.8 Å². The molecule has 0 saturated heterocycles. The number of carboxylic acids is 1. The zero-order valence-corrected chi connectivity index (χ0v) is 27.5. The van der Waals surface area contributed by atoms with Crippen LogP contribution in [-0.2, 0) is 32.9 Å². The number of phosphoric ester groups is 1. The summed E-state index contributed by atoms with van der Waals surface area (Å²) in [5, 5.41) is 17.5. The molecule has 0 heterocycles. The molecule has 0 amide bonds. The number of hydrogen-bond acceptors (Lipinski definition) is 9. The molecule has 0 spiro atoms. The fourth-order valence-corrected chi connectivity index (χ4v) is 4.39. The first-order valence-electron chi connectivity index (χ1n) is 16.1. The third-order valence-corrected chi connectivity index (χ3v) is 7.13. The van der Waals surface area contributed by atoms with E-state index in [1.165, 1.54) is 77.0 Å². The highest BCUT2D eigenvalue weighted by atomic mass is 31.2. The van der Waals surface area contributed by atoms with Crippen molar-refractivity contribution < 1.29 is 52.9 Å². The molecule has 0 saturated carbocycles. The first kappa shape index (κ1) is 43.6. The SMILES string of the molecule is CCCCCCCCCCCC(=O)OC[C@H](CO)OC(=O)CCCCCCCCCCC.N[C@@H](COP(=O)(O)O)C(=O)O. The van der Waals surface area contributed by atoms with Gasteiger partial charge in [-0.25, -0.2) is 4.57 Å². The Morgan fingerprint density at radius 3 is 1.44 bits per heavy atom. The smallest absolute Gasteiger partial charge is 0.469 e. The number of unbranched alkanes of at least 4 members (excludes halogenated alkanes) is 16. The summed E-state index contributed by atoms with van der Waals surface area (Å²) in [5.41, 5.74) is 4.86. The van der Waals surface area contributed by atoms with Crippen molar-refractivity contribution in [3.63, 3.8) is 0 Å². The van der Waals surface area contributed by atoms with Gasteiger partial charge in [-0.3, -0.25) is 18.9 Å². The van der Waals surface area contributed by atoms with Gasteiger partial charge in [0.05, 0.1) is 13.2 Å². The molecular weight excluding hydrogens is 581 g/mol. The van der Waals surface area contributed by atoms with E-state index in [9.17, 15) is 24.1 Å². The number of aliphatic hydroxyl groups excluding tert-OH is 1. The Balaban J connectivity index is 0. The lowest BCUT2D eigenvalue weighted by Crippen LogP contribution is -2.34. The van der Waals surface area contributed by atoms with Crippen LogP contribution in [0.25, 0.3) is 0 Å². The standard InChI is InChI=1S/C27H52O5.C3H8NO6P/c1-3-5-7-9-11-13-15-17-19-21-26(29)31-24-25(23-28)32-27(30)22-20-18-16-14-12-10-8-6-4-2;4-2(3(5)6)1-10-11(7,8)9/h25,28H,3-24H2,1-2H3;2H,1,4H2,(H,5,6)(H2,7,8,9)/t25-;2-/m00/s1. The average molecular weight is 642 g/mol. The highest BCUT2D eigenvalue weighted by Crippen LogP contribution is 2.35. The van der Waals surface area contributed by atoms with E-state index in [-0.39, 0.29) is 25.2 Å². The molecule has 0 aliphatic carbocycles. The lowest BCUT2D eigenvalue weighted by atomic mass is 10.1. The molecule has 2 atom stereocenters. The van der Waals surface area contributed by atoms with E-state index in [0.29, 0.717) is 12.8 Å². The van der Waals surface area contributed by atoms with Gasteiger partial charge < -0.3 is 35.2 Å². The van der Waals surface area contributed by atoms with Crippen LogP contribution in [-0.4, -0.2) is 69.9 Å². The maximum atomic E-state index is 11.9. The summed E-state index contributed by atoms with van der Waals surface area (Å²) in [4.78, 5) is 49.9. The van der Waals surface area contributed by atoms with Crippen molar-refractivity contribution in [3.8, 4) is 0 Å². The van der Waals surface area contributed by atoms with Crippen molar-refractivity contribution in [3.05, 3.63) is 0 Å². The summed E-state index contributed by atoms with van der Waals surface area (Å²) in [6.45, 7) is 3.36. The number of rotatable bonds is 28. The van der Waals surface area contributed by atoms with Crippen LogP contribution in [0, 0.1) is 0 Å². The number of carbonyl (C=O) groups excluding carboxylic acids is 2. The van der Waals surface area contributed by atoms with Crippen molar-refractivity contribution in [1.29, 1.82) is 0 Å². The molecule has 6 N–H and O–H groups in total. The third-order valence-electron chi connectivity index (χ3n) is 6.64. The minimum atomic E-state index is -4.60. The van der Waals surface area contributed by atoms with Gasteiger partial charge in [-0.2, -0.15) is 0 Å². The first-order valence-corrected chi connectivity index (χ1v) is 17.6. The molecule has 0 rings (SSSR count). The Hall–Kier alpha value is -1.56. The van der Waals surface area contributed by atoms with Crippen molar-refractivity contribution in [2.24, 2.45) is 5.73 Å². The van der Waals surface area contributed by atoms with Crippen LogP contribution in [0.3, 0.4) is 0 Å². The number of aliphatic carboxylic acids is 1. The van der Waals surface area contributed by atoms with Crippen LogP contribution < -0.4 is 5.73 Å². The summed E-state index contributed by atoms with van der Waals surface area (Å²) in [7, 11) is -4.60. The average Bonchev–Trinajstić information content (AvgIpc) is 2.96. The fourth-order valence-electron chi connectivity index (χ4n) is 4.04. The summed E-state index contributed by atoms with van der Waals surface area (Å²) in [6, 6.07) is -1.41.